The van der Waals surface area contributed by atoms with Gasteiger partial charge in [0, 0.05) is 9.35 Å². The summed E-state index contributed by atoms with van der Waals surface area (Å²) in [5.41, 5.74) is 4.32. The normalized spacial score (nSPS) is 12.7. The van der Waals surface area contributed by atoms with Crippen LogP contribution in [0.1, 0.15) is 22.0 Å². The molecule has 2 rings (SSSR count). The highest BCUT2D eigenvalue weighted by atomic mass is 79.9. The van der Waals surface area contributed by atoms with Gasteiger partial charge in [-0.05, 0) is 62.0 Å². The van der Waals surface area contributed by atoms with E-state index in [1.807, 2.05) is 6.07 Å². The average Bonchev–Trinajstić information content (AvgIpc) is 2.65. The Morgan fingerprint density at radius 2 is 2.06 bits per heavy atom. The summed E-state index contributed by atoms with van der Waals surface area (Å²) in [5.74, 6) is 5.41. The van der Waals surface area contributed by atoms with E-state index in [-0.39, 0.29) is 11.9 Å². The first-order valence-electron chi connectivity index (χ1n) is 5.20. The third-order valence-electron chi connectivity index (χ3n) is 2.63. The molecule has 0 saturated carbocycles. The van der Waals surface area contributed by atoms with E-state index < -0.39 is 0 Å². The summed E-state index contributed by atoms with van der Waals surface area (Å²) < 4.78 is 15.3. The second kappa shape index (κ2) is 5.79. The number of hydrogen-bond acceptors (Lipinski definition) is 3. The van der Waals surface area contributed by atoms with Gasteiger partial charge in [-0.1, -0.05) is 12.1 Å². The van der Waals surface area contributed by atoms with Crippen molar-refractivity contribution in [2.75, 3.05) is 0 Å². The number of hydrogen-bond donors (Lipinski definition) is 2. The van der Waals surface area contributed by atoms with Crippen molar-refractivity contribution < 1.29 is 4.39 Å². The molecule has 1 unspecified atom stereocenters. The highest BCUT2D eigenvalue weighted by Gasteiger charge is 2.17. The smallest absolute Gasteiger partial charge is 0.126 e. The van der Waals surface area contributed by atoms with E-state index in [4.69, 9.17) is 5.84 Å². The van der Waals surface area contributed by atoms with Crippen LogP contribution in [0.5, 0.6) is 0 Å². The Bertz CT molecular complexity index is 552. The molecule has 2 nitrogen and oxygen atoms in total. The molecule has 1 aromatic heterocycles. The molecule has 0 saturated heterocycles. The lowest BCUT2D eigenvalue weighted by Gasteiger charge is -2.15. The Morgan fingerprint density at radius 1 is 1.33 bits per heavy atom. The van der Waals surface area contributed by atoms with E-state index in [9.17, 15) is 4.39 Å². The molecule has 0 aliphatic heterocycles. The van der Waals surface area contributed by atoms with Gasteiger partial charge in [-0.2, -0.15) is 0 Å². The number of benzene rings is 1. The van der Waals surface area contributed by atoms with Gasteiger partial charge in [-0.15, -0.1) is 11.3 Å². The van der Waals surface area contributed by atoms with Crippen LogP contribution < -0.4 is 11.3 Å². The molecule has 2 aromatic rings. The maximum absolute atomic E-state index is 13.3. The third-order valence-corrected chi connectivity index (χ3v) is 5.95. The second-order valence-corrected chi connectivity index (χ2v) is 7.13. The number of rotatable bonds is 3. The van der Waals surface area contributed by atoms with Gasteiger partial charge in [0.2, 0.25) is 0 Å². The predicted octanol–water partition coefficient (Wildman–Crippen LogP) is 4.27. The molecule has 18 heavy (non-hydrogen) atoms. The summed E-state index contributed by atoms with van der Waals surface area (Å²) in [6.45, 7) is 1.74. The molecule has 0 radical (unpaired) electrons. The topological polar surface area (TPSA) is 38.0 Å². The van der Waals surface area contributed by atoms with E-state index in [0.29, 0.717) is 5.56 Å². The number of nitrogens with one attached hydrogen (secondary N) is 1. The molecule has 0 spiro atoms. The lowest BCUT2D eigenvalue weighted by molar-refractivity contribution is 0.610. The Kier molecular flexibility index (Phi) is 4.55. The summed E-state index contributed by atoms with van der Waals surface area (Å²) >= 11 is 8.49. The molecule has 1 aromatic carbocycles. The summed E-state index contributed by atoms with van der Waals surface area (Å²) in [5, 5.41) is 0. The lowest BCUT2D eigenvalue weighted by Crippen LogP contribution is -2.28. The van der Waals surface area contributed by atoms with Crippen molar-refractivity contribution in [3.05, 3.63) is 54.3 Å². The highest BCUT2D eigenvalue weighted by Crippen LogP contribution is 2.37. The van der Waals surface area contributed by atoms with Crippen LogP contribution in [0.15, 0.2) is 32.5 Å². The van der Waals surface area contributed by atoms with Crippen LogP contribution in [0.4, 0.5) is 4.39 Å². The van der Waals surface area contributed by atoms with Gasteiger partial charge in [-0.25, -0.2) is 9.82 Å². The molecule has 96 valence electrons. The van der Waals surface area contributed by atoms with Crippen LogP contribution in [0.25, 0.3) is 0 Å². The third kappa shape index (κ3) is 2.83. The fraction of sp³-hybridized carbons (Fsp3) is 0.167. The molecular formula is C12H11Br2FN2S. The average molecular weight is 394 g/mol. The molecule has 1 atom stereocenters. The van der Waals surface area contributed by atoms with Crippen LogP contribution in [-0.4, -0.2) is 0 Å². The van der Waals surface area contributed by atoms with Gasteiger partial charge < -0.3 is 0 Å². The lowest BCUT2D eigenvalue weighted by atomic mass is 10.0. The Morgan fingerprint density at radius 3 is 2.56 bits per heavy atom. The number of nitrogens with two attached hydrogens (primary N) is 1. The van der Waals surface area contributed by atoms with Crippen molar-refractivity contribution in [1.29, 1.82) is 0 Å². The second-order valence-electron chi connectivity index (χ2n) is 3.88. The maximum Gasteiger partial charge on any atom is 0.126 e. The van der Waals surface area contributed by atoms with Gasteiger partial charge in [-0.3, -0.25) is 5.84 Å². The monoisotopic (exact) mass is 392 g/mol. The van der Waals surface area contributed by atoms with Crippen molar-refractivity contribution in [2.45, 2.75) is 13.0 Å². The Balaban J connectivity index is 2.41. The van der Waals surface area contributed by atoms with Gasteiger partial charge in [0.05, 0.1) is 9.83 Å². The van der Waals surface area contributed by atoms with Gasteiger partial charge in [0.15, 0.2) is 0 Å². The zero-order valence-corrected chi connectivity index (χ0v) is 13.5. The molecule has 0 aliphatic rings. The summed E-state index contributed by atoms with van der Waals surface area (Å²) in [6, 6.07) is 6.87. The zero-order valence-electron chi connectivity index (χ0n) is 9.51. The Labute approximate surface area is 126 Å². The first kappa shape index (κ1) is 14.1. The minimum atomic E-state index is -0.205. The largest absolute Gasteiger partial charge is 0.271 e. The number of hydrazine groups is 1. The fourth-order valence-electron chi connectivity index (χ4n) is 1.70. The molecule has 6 heteroatoms. The van der Waals surface area contributed by atoms with Crippen LogP contribution in [0, 0.1) is 12.7 Å². The van der Waals surface area contributed by atoms with E-state index >= 15 is 0 Å². The van der Waals surface area contributed by atoms with Gasteiger partial charge in [0.25, 0.3) is 0 Å². The standard InChI is InChI=1S/C12H11Br2FN2S/c1-6-4-7(2-3-9(6)15)11(17-16)10-5-8(13)12(14)18-10/h2-5,11,17H,16H2,1H3. The predicted molar refractivity (Wildman–Crippen MR) is 80.0 cm³/mol. The minimum absolute atomic E-state index is 0.142. The van der Waals surface area contributed by atoms with E-state index in [1.165, 1.54) is 6.07 Å². The van der Waals surface area contributed by atoms with Crippen molar-refractivity contribution >= 4 is 43.2 Å². The molecule has 1 heterocycles. The van der Waals surface area contributed by atoms with Gasteiger partial charge in [0.1, 0.15) is 5.82 Å². The zero-order chi connectivity index (χ0) is 13.3. The molecule has 0 aliphatic carbocycles. The van der Waals surface area contributed by atoms with Crippen LogP contribution in [-0.2, 0) is 0 Å². The fourth-order valence-corrected chi connectivity index (χ4v) is 3.87. The first-order chi connectivity index (χ1) is 8.52. The number of aryl methyl sites for hydroxylation is 1. The van der Waals surface area contributed by atoms with E-state index in [1.54, 1.807) is 30.4 Å². The molecule has 0 amide bonds. The van der Waals surface area contributed by atoms with Crippen molar-refractivity contribution in [2.24, 2.45) is 5.84 Å². The van der Waals surface area contributed by atoms with Crippen LogP contribution in [0.2, 0.25) is 0 Å². The van der Waals surface area contributed by atoms with Crippen molar-refractivity contribution in [3.8, 4) is 0 Å². The summed E-state index contributed by atoms with van der Waals surface area (Å²) in [4.78, 5) is 1.06. The number of thiophene rings is 1. The quantitative estimate of drug-likeness (QED) is 0.603. The minimum Gasteiger partial charge on any atom is -0.271 e. The van der Waals surface area contributed by atoms with E-state index in [0.717, 1.165) is 18.7 Å². The van der Waals surface area contributed by atoms with Crippen molar-refractivity contribution in [3.63, 3.8) is 0 Å². The number of halogens is 3. The van der Waals surface area contributed by atoms with Crippen LogP contribution >= 0.6 is 43.2 Å². The van der Waals surface area contributed by atoms with Gasteiger partial charge >= 0.3 is 0 Å². The molecule has 3 N–H and O–H groups in total. The summed E-state index contributed by atoms with van der Waals surface area (Å²) in [6.07, 6.45) is 0. The van der Waals surface area contributed by atoms with E-state index in [2.05, 4.69) is 37.3 Å². The van der Waals surface area contributed by atoms with Crippen LogP contribution in [0.3, 0.4) is 0 Å². The Hall–Kier alpha value is -0.270. The maximum atomic E-state index is 13.3. The highest BCUT2D eigenvalue weighted by molar-refractivity contribution is 9.13. The first-order valence-corrected chi connectivity index (χ1v) is 7.60. The SMILES string of the molecule is Cc1cc(C(NN)c2cc(Br)c(Br)s2)ccc1F. The van der Waals surface area contributed by atoms with Crippen molar-refractivity contribution in [1.82, 2.24) is 5.43 Å². The molecule has 0 bridgehead atoms. The molecular weight excluding hydrogens is 383 g/mol. The summed E-state index contributed by atoms with van der Waals surface area (Å²) in [7, 11) is 0. The molecule has 0 fully saturated rings.